The standard InChI is InChI=1S/C10H14F3N.ClH/c1-9(14,7-10(11,12)13)6-2-3-8-4-5-8;/h8H,4-7,14H2,1H3;1H. The van der Waals surface area contributed by atoms with E-state index >= 15 is 0 Å². The van der Waals surface area contributed by atoms with Crippen molar-refractivity contribution in [3.8, 4) is 11.8 Å². The molecule has 88 valence electrons. The molecule has 0 saturated heterocycles. The number of halogens is 4. The zero-order valence-electron chi connectivity index (χ0n) is 8.53. The maximum Gasteiger partial charge on any atom is 0.390 e. The van der Waals surface area contributed by atoms with E-state index in [1.165, 1.54) is 6.92 Å². The Kier molecular flexibility index (Phi) is 4.95. The smallest absolute Gasteiger partial charge is 0.324 e. The minimum absolute atomic E-state index is 0. The van der Waals surface area contributed by atoms with Crippen LogP contribution in [0.15, 0.2) is 0 Å². The molecular formula is C10H15ClF3N. The quantitative estimate of drug-likeness (QED) is 0.740. The fourth-order valence-corrected chi connectivity index (χ4v) is 1.15. The van der Waals surface area contributed by atoms with E-state index in [1.807, 2.05) is 0 Å². The van der Waals surface area contributed by atoms with E-state index in [0.29, 0.717) is 5.92 Å². The summed E-state index contributed by atoms with van der Waals surface area (Å²) in [6.45, 7) is 1.39. The number of hydrogen-bond acceptors (Lipinski definition) is 1. The van der Waals surface area contributed by atoms with Crippen LogP contribution in [-0.2, 0) is 0 Å². The van der Waals surface area contributed by atoms with Gasteiger partial charge in [-0.25, -0.2) is 0 Å². The molecule has 1 aliphatic rings. The molecule has 0 radical (unpaired) electrons. The molecule has 1 aliphatic carbocycles. The Balaban J connectivity index is 0.00000196. The van der Waals surface area contributed by atoms with Gasteiger partial charge in [-0.05, 0) is 19.8 Å². The van der Waals surface area contributed by atoms with Gasteiger partial charge in [0.15, 0.2) is 0 Å². The lowest BCUT2D eigenvalue weighted by atomic mass is 9.95. The molecule has 0 bridgehead atoms. The maximum absolute atomic E-state index is 12.0. The molecule has 1 fully saturated rings. The van der Waals surface area contributed by atoms with Crippen LogP contribution in [0.1, 0.15) is 32.6 Å². The van der Waals surface area contributed by atoms with Crippen LogP contribution in [-0.4, -0.2) is 11.7 Å². The lowest BCUT2D eigenvalue weighted by Gasteiger charge is -2.23. The Bertz CT molecular complexity index is 258. The largest absolute Gasteiger partial charge is 0.390 e. The predicted molar refractivity (Wildman–Crippen MR) is 55.6 cm³/mol. The topological polar surface area (TPSA) is 26.0 Å². The number of rotatable bonds is 2. The van der Waals surface area contributed by atoms with E-state index < -0.39 is 18.1 Å². The fourth-order valence-electron chi connectivity index (χ4n) is 1.15. The lowest BCUT2D eigenvalue weighted by Crippen LogP contribution is -2.40. The van der Waals surface area contributed by atoms with Crippen molar-refractivity contribution in [3.63, 3.8) is 0 Å². The average Bonchev–Trinajstić information content (AvgIpc) is 2.64. The molecule has 1 nitrogen and oxygen atoms in total. The van der Waals surface area contributed by atoms with Crippen molar-refractivity contribution < 1.29 is 13.2 Å². The summed E-state index contributed by atoms with van der Waals surface area (Å²) in [5, 5.41) is 0. The zero-order valence-corrected chi connectivity index (χ0v) is 9.34. The molecule has 0 heterocycles. The second-order valence-corrected chi connectivity index (χ2v) is 4.22. The summed E-state index contributed by atoms with van der Waals surface area (Å²) >= 11 is 0. The average molecular weight is 242 g/mol. The molecule has 0 aliphatic heterocycles. The monoisotopic (exact) mass is 241 g/mol. The van der Waals surface area contributed by atoms with Crippen LogP contribution in [0, 0.1) is 17.8 Å². The van der Waals surface area contributed by atoms with Crippen LogP contribution in [0.3, 0.4) is 0 Å². The first-order chi connectivity index (χ1) is 6.29. The molecule has 0 aromatic carbocycles. The van der Waals surface area contributed by atoms with Gasteiger partial charge in [-0.3, -0.25) is 0 Å². The second kappa shape index (κ2) is 5.09. The van der Waals surface area contributed by atoms with E-state index in [1.54, 1.807) is 0 Å². The summed E-state index contributed by atoms with van der Waals surface area (Å²) < 4.78 is 36.1. The molecule has 5 heteroatoms. The van der Waals surface area contributed by atoms with Crippen LogP contribution in [0.25, 0.3) is 0 Å². The first kappa shape index (κ1) is 14.6. The summed E-state index contributed by atoms with van der Waals surface area (Å²) in [5.74, 6) is 6.05. The summed E-state index contributed by atoms with van der Waals surface area (Å²) in [7, 11) is 0. The van der Waals surface area contributed by atoms with E-state index in [2.05, 4.69) is 11.8 Å². The van der Waals surface area contributed by atoms with Crippen molar-refractivity contribution in [2.24, 2.45) is 11.7 Å². The van der Waals surface area contributed by atoms with Gasteiger partial charge in [0.05, 0.1) is 6.42 Å². The van der Waals surface area contributed by atoms with Gasteiger partial charge in [-0.15, -0.1) is 18.3 Å². The molecule has 2 N–H and O–H groups in total. The first-order valence-corrected chi connectivity index (χ1v) is 4.63. The summed E-state index contributed by atoms with van der Waals surface area (Å²) in [5.41, 5.74) is 4.24. The van der Waals surface area contributed by atoms with Gasteiger partial charge in [-0.1, -0.05) is 5.92 Å². The van der Waals surface area contributed by atoms with Gasteiger partial charge >= 0.3 is 6.18 Å². The van der Waals surface area contributed by atoms with Crippen molar-refractivity contribution in [2.75, 3.05) is 0 Å². The zero-order chi connectivity index (χ0) is 10.8. The maximum atomic E-state index is 12.0. The normalized spacial score (nSPS) is 19.5. The molecule has 1 atom stereocenters. The van der Waals surface area contributed by atoms with Gasteiger partial charge in [-0.2, -0.15) is 13.2 Å². The van der Waals surface area contributed by atoms with E-state index in [0.717, 1.165) is 12.8 Å². The highest BCUT2D eigenvalue weighted by molar-refractivity contribution is 5.85. The highest BCUT2D eigenvalue weighted by Gasteiger charge is 2.36. The van der Waals surface area contributed by atoms with Gasteiger partial charge in [0.1, 0.15) is 0 Å². The third-order valence-corrected chi connectivity index (χ3v) is 1.98. The number of nitrogens with two attached hydrogens (primary N) is 1. The van der Waals surface area contributed by atoms with Crippen molar-refractivity contribution in [1.82, 2.24) is 0 Å². The van der Waals surface area contributed by atoms with Gasteiger partial charge in [0.2, 0.25) is 0 Å². The predicted octanol–water partition coefficient (Wildman–Crippen LogP) is 2.88. The minimum Gasteiger partial charge on any atom is -0.324 e. The van der Waals surface area contributed by atoms with Crippen molar-refractivity contribution in [1.29, 1.82) is 0 Å². The first-order valence-electron chi connectivity index (χ1n) is 4.63. The molecule has 1 saturated carbocycles. The van der Waals surface area contributed by atoms with Crippen molar-refractivity contribution in [3.05, 3.63) is 0 Å². The van der Waals surface area contributed by atoms with Crippen molar-refractivity contribution >= 4 is 12.4 Å². The fraction of sp³-hybridized carbons (Fsp3) is 0.800. The summed E-state index contributed by atoms with van der Waals surface area (Å²) in [6, 6.07) is 0. The molecular weight excluding hydrogens is 227 g/mol. The van der Waals surface area contributed by atoms with Crippen LogP contribution in [0.5, 0.6) is 0 Å². The molecule has 15 heavy (non-hydrogen) atoms. The van der Waals surface area contributed by atoms with Crippen LogP contribution < -0.4 is 5.73 Å². The Labute approximate surface area is 94.0 Å². The lowest BCUT2D eigenvalue weighted by molar-refractivity contribution is -0.145. The molecule has 0 aromatic heterocycles. The second-order valence-electron chi connectivity index (χ2n) is 4.22. The summed E-state index contributed by atoms with van der Waals surface area (Å²) in [6.07, 6.45) is -2.91. The molecule has 0 amide bonds. The molecule has 1 unspecified atom stereocenters. The Morgan fingerprint density at radius 2 is 1.87 bits per heavy atom. The summed E-state index contributed by atoms with van der Waals surface area (Å²) in [4.78, 5) is 0. The van der Waals surface area contributed by atoms with E-state index in [-0.39, 0.29) is 18.8 Å². The van der Waals surface area contributed by atoms with Crippen LogP contribution in [0.4, 0.5) is 13.2 Å². The van der Waals surface area contributed by atoms with Gasteiger partial charge in [0, 0.05) is 17.9 Å². The molecule has 1 rings (SSSR count). The van der Waals surface area contributed by atoms with Gasteiger partial charge < -0.3 is 5.73 Å². The van der Waals surface area contributed by atoms with Crippen LogP contribution in [0.2, 0.25) is 0 Å². The van der Waals surface area contributed by atoms with E-state index in [4.69, 9.17) is 5.73 Å². The Hall–Kier alpha value is -0.400. The highest BCUT2D eigenvalue weighted by Crippen LogP contribution is 2.29. The SMILES string of the molecule is CC(N)(CC#CC1CC1)CC(F)(F)F.Cl. The number of hydrogen-bond donors (Lipinski definition) is 1. The minimum atomic E-state index is -4.20. The van der Waals surface area contributed by atoms with Gasteiger partial charge in [0.25, 0.3) is 0 Å². The Morgan fingerprint density at radius 3 is 2.27 bits per heavy atom. The third-order valence-electron chi connectivity index (χ3n) is 1.98. The van der Waals surface area contributed by atoms with Crippen LogP contribution >= 0.6 is 12.4 Å². The molecule has 0 spiro atoms. The third kappa shape index (κ3) is 7.52. The Morgan fingerprint density at radius 1 is 1.33 bits per heavy atom. The highest BCUT2D eigenvalue weighted by atomic mass is 35.5. The van der Waals surface area contributed by atoms with E-state index in [9.17, 15) is 13.2 Å². The van der Waals surface area contributed by atoms with Crippen molar-refractivity contribution in [2.45, 2.75) is 44.3 Å². The molecule has 0 aromatic rings. The number of alkyl halides is 3.